The Hall–Kier alpha value is -3.58. The second-order valence-electron chi connectivity index (χ2n) is 7.90. The number of carbonyl (C=O) groups excluding carboxylic acids is 2. The molecule has 0 aromatic heterocycles. The fourth-order valence-electron chi connectivity index (χ4n) is 3.86. The van der Waals surface area contributed by atoms with E-state index in [1.807, 2.05) is 65.6 Å². The molecule has 5 nitrogen and oxygen atoms in total. The normalized spacial score (nSPS) is 15.7. The van der Waals surface area contributed by atoms with E-state index in [9.17, 15) is 14.0 Å². The number of halogens is 1. The third-order valence-electron chi connectivity index (χ3n) is 5.57. The highest BCUT2D eigenvalue weighted by atomic mass is 32.1. The van der Waals surface area contributed by atoms with Crippen LogP contribution >= 0.6 is 12.2 Å². The third-order valence-corrected chi connectivity index (χ3v) is 6.03. The van der Waals surface area contributed by atoms with Crippen molar-refractivity contribution < 1.29 is 14.0 Å². The second-order valence-corrected chi connectivity index (χ2v) is 8.26. The van der Waals surface area contributed by atoms with Crippen molar-refractivity contribution in [3.63, 3.8) is 0 Å². The van der Waals surface area contributed by atoms with Crippen molar-refractivity contribution in [2.45, 2.75) is 25.4 Å². The summed E-state index contributed by atoms with van der Waals surface area (Å²) in [4.78, 5) is 29.5. The van der Waals surface area contributed by atoms with E-state index in [-0.39, 0.29) is 24.1 Å². The molecule has 3 aromatic rings. The molecule has 0 saturated carbocycles. The first-order valence-corrected chi connectivity index (χ1v) is 11.2. The quantitative estimate of drug-likeness (QED) is 0.506. The minimum Gasteiger partial charge on any atom is -0.332 e. The molecule has 1 aliphatic rings. The predicted molar refractivity (Wildman–Crippen MR) is 130 cm³/mol. The summed E-state index contributed by atoms with van der Waals surface area (Å²) in [6.07, 6.45) is 0.616. The number of carbonyl (C=O) groups is 2. The zero-order valence-corrected chi connectivity index (χ0v) is 18.8. The maximum absolute atomic E-state index is 13.3. The maximum Gasteiger partial charge on any atom is 0.252 e. The number of anilines is 1. The van der Waals surface area contributed by atoms with E-state index in [0.29, 0.717) is 30.3 Å². The number of rotatable bonds is 8. The van der Waals surface area contributed by atoms with E-state index >= 15 is 0 Å². The van der Waals surface area contributed by atoms with Crippen LogP contribution in [0.5, 0.6) is 0 Å². The van der Waals surface area contributed by atoms with Crippen molar-refractivity contribution in [3.8, 4) is 0 Å². The molecule has 1 fully saturated rings. The van der Waals surface area contributed by atoms with Gasteiger partial charge in [-0.25, -0.2) is 4.39 Å². The third kappa shape index (κ3) is 5.62. The van der Waals surface area contributed by atoms with Gasteiger partial charge in [0.25, 0.3) is 5.91 Å². The lowest BCUT2D eigenvalue weighted by atomic mass is 10.1. The smallest absolute Gasteiger partial charge is 0.252 e. The topological polar surface area (TPSA) is 52.7 Å². The molecule has 1 aliphatic heterocycles. The number of hydrogen-bond donors (Lipinski definition) is 1. The van der Waals surface area contributed by atoms with Gasteiger partial charge in [-0.1, -0.05) is 60.7 Å². The molecule has 2 amide bonds. The largest absolute Gasteiger partial charge is 0.332 e. The average Bonchev–Trinajstić information content (AvgIpc) is 3.04. The summed E-state index contributed by atoms with van der Waals surface area (Å²) >= 11 is 5.69. The molecule has 1 saturated heterocycles. The summed E-state index contributed by atoms with van der Waals surface area (Å²) in [5, 5.41) is 3.17. The lowest BCUT2D eigenvalue weighted by Gasteiger charge is -2.24. The van der Waals surface area contributed by atoms with E-state index in [4.69, 9.17) is 12.2 Å². The first-order valence-electron chi connectivity index (χ1n) is 10.8. The van der Waals surface area contributed by atoms with Crippen LogP contribution in [0.25, 0.3) is 0 Å². The van der Waals surface area contributed by atoms with Crippen LogP contribution in [0, 0.1) is 5.82 Å². The summed E-state index contributed by atoms with van der Waals surface area (Å²) in [7, 11) is 0. The molecule has 0 bridgehead atoms. The van der Waals surface area contributed by atoms with Crippen LogP contribution in [0.4, 0.5) is 10.1 Å². The van der Waals surface area contributed by atoms with Gasteiger partial charge >= 0.3 is 0 Å². The SMILES string of the molecule is O=C(C[C@@H]1C(=O)N(CCc2ccccc2)C(=S)N1Cc1ccccc1)Nc1ccc(F)cc1. The van der Waals surface area contributed by atoms with Crippen LogP contribution in [0.15, 0.2) is 84.9 Å². The molecular formula is C26H24FN3O2S. The Bertz CT molecular complexity index is 1120. The van der Waals surface area contributed by atoms with Crippen molar-refractivity contribution in [2.24, 2.45) is 0 Å². The molecule has 0 aliphatic carbocycles. The van der Waals surface area contributed by atoms with E-state index in [1.165, 1.54) is 24.3 Å². The first-order chi connectivity index (χ1) is 16.0. The van der Waals surface area contributed by atoms with Crippen molar-refractivity contribution in [2.75, 3.05) is 11.9 Å². The zero-order chi connectivity index (χ0) is 23.2. The Balaban J connectivity index is 1.50. The fraction of sp³-hybridized carbons (Fsp3) is 0.192. The monoisotopic (exact) mass is 461 g/mol. The molecular weight excluding hydrogens is 437 g/mol. The Labute approximate surface area is 197 Å². The van der Waals surface area contributed by atoms with Crippen LogP contribution in [0.3, 0.4) is 0 Å². The molecule has 0 unspecified atom stereocenters. The number of nitrogens with zero attached hydrogens (tertiary/aromatic N) is 2. The van der Waals surface area contributed by atoms with Gasteiger partial charge in [-0.3, -0.25) is 14.5 Å². The Morgan fingerprint density at radius 2 is 1.52 bits per heavy atom. The van der Waals surface area contributed by atoms with Crippen LogP contribution in [0.2, 0.25) is 0 Å². The number of amides is 2. The van der Waals surface area contributed by atoms with Crippen LogP contribution in [0.1, 0.15) is 17.5 Å². The van der Waals surface area contributed by atoms with Gasteiger partial charge in [0.15, 0.2) is 5.11 Å². The molecule has 1 N–H and O–H groups in total. The van der Waals surface area contributed by atoms with Crippen molar-refractivity contribution in [1.29, 1.82) is 0 Å². The number of nitrogens with one attached hydrogen (secondary N) is 1. The molecule has 0 spiro atoms. The lowest BCUT2D eigenvalue weighted by molar-refractivity contribution is -0.130. The Morgan fingerprint density at radius 3 is 2.15 bits per heavy atom. The van der Waals surface area contributed by atoms with Crippen LogP contribution in [-0.2, 0) is 22.6 Å². The summed E-state index contributed by atoms with van der Waals surface area (Å²) in [6, 6.07) is 24.5. The van der Waals surface area contributed by atoms with Gasteiger partial charge < -0.3 is 10.2 Å². The van der Waals surface area contributed by atoms with Crippen molar-refractivity contribution in [1.82, 2.24) is 9.80 Å². The van der Waals surface area contributed by atoms with Crippen LogP contribution < -0.4 is 5.32 Å². The van der Waals surface area contributed by atoms with Crippen LogP contribution in [-0.4, -0.2) is 39.3 Å². The van der Waals surface area contributed by atoms with Crippen molar-refractivity contribution in [3.05, 3.63) is 102 Å². The molecule has 4 rings (SSSR count). The molecule has 1 atom stereocenters. The van der Waals surface area contributed by atoms with Crippen molar-refractivity contribution >= 4 is 34.8 Å². The van der Waals surface area contributed by atoms with Gasteiger partial charge in [-0.2, -0.15) is 0 Å². The van der Waals surface area contributed by atoms with Gasteiger partial charge in [0.2, 0.25) is 5.91 Å². The minimum absolute atomic E-state index is 0.0506. The first kappa shape index (κ1) is 22.6. The van der Waals surface area contributed by atoms with Gasteiger partial charge in [0, 0.05) is 18.8 Å². The van der Waals surface area contributed by atoms with Gasteiger partial charge in [0.1, 0.15) is 11.9 Å². The summed E-state index contributed by atoms with van der Waals surface area (Å²) < 4.78 is 13.2. The molecule has 3 aromatic carbocycles. The molecule has 1 heterocycles. The molecule has 168 valence electrons. The lowest BCUT2D eigenvalue weighted by Crippen LogP contribution is -2.37. The molecule has 0 radical (unpaired) electrons. The highest BCUT2D eigenvalue weighted by molar-refractivity contribution is 7.80. The molecule has 33 heavy (non-hydrogen) atoms. The maximum atomic E-state index is 13.3. The average molecular weight is 462 g/mol. The second kappa shape index (κ2) is 10.4. The highest BCUT2D eigenvalue weighted by Crippen LogP contribution is 2.24. The number of thiocarbonyl (C=S) groups is 1. The molecule has 7 heteroatoms. The number of benzene rings is 3. The fourth-order valence-corrected chi connectivity index (χ4v) is 4.24. The highest BCUT2D eigenvalue weighted by Gasteiger charge is 2.43. The summed E-state index contributed by atoms with van der Waals surface area (Å²) in [5.41, 5.74) is 2.59. The number of hydrogen-bond acceptors (Lipinski definition) is 3. The van der Waals surface area contributed by atoms with Gasteiger partial charge in [-0.15, -0.1) is 0 Å². The van der Waals surface area contributed by atoms with E-state index in [2.05, 4.69) is 5.32 Å². The Kier molecular flexibility index (Phi) is 7.10. The Morgan fingerprint density at radius 1 is 0.909 bits per heavy atom. The van der Waals surface area contributed by atoms with E-state index < -0.39 is 6.04 Å². The predicted octanol–water partition coefficient (Wildman–Crippen LogP) is 4.39. The standard InChI is InChI=1S/C26H24FN3O2S/c27-21-11-13-22(14-12-21)28-24(31)17-23-25(32)29(16-15-19-7-3-1-4-8-19)26(33)30(23)18-20-9-5-2-6-10-20/h1-14,23H,15-18H2,(H,28,31)/t23-/m1/s1. The van der Waals surface area contributed by atoms with E-state index in [0.717, 1.165) is 11.1 Å². The zero-order valence-electron chi connectivity index (χ0n) is 18.0. The summed E-state index contributed by atoms with van der Waals surface area (Å²) in [6.45, 7) is 0.880. The summed E-state index contributed by atoms with van der Waals surface area (Å²) in [5.74, 6) is -0.890. The minimum atomic E-state index is -0.700. The van der Waals surface area contributed by atoms with Gasteiger partial charge in [-0.05, 0) is 54.0 Å². The van der Waals surface area contributed by atoms with Gasteiger partial charge in [0.05, 0.1) is 6.42 Å². The van der Waals surface area contributed by atoms with E-state index in [1.54, 1.807) is 4.90 Å².